The maximum absolute atomic E-state index is 13.4. The summed E-state index contributed by atoms with van der Waals surface area (Å²) in [6.07, 6.45) is -0.0984. The summed E-state index contributed by atoms with van der Waals surface area (Å²) in [4.78, 5) is 60.2. The topological polar surface area (TPSA) is 240 Å². The van der Waals surface area contributed by atoms with Gasteiger partial charge in [-0.15, -0.1) is 0 Å². The van der Waals surface area contributed by atoms with Gasteiger partial charge in [0.05, 0.1) is 30.9 Å². The fraction of sp³-hybridized carbons (Fsp3) is 0.676. The predicted molar refractivity (Wildman–Crippen MR) is 189 cm³/mol. The lowest BCUT2D eigenvalue weighted by Crippen LogP contribution is -2.48. The Hall–Kier alpha value is -3.83. The largest absolute Gasteiger partial charge is 0.463 e. The van der Waals surface area contributed by atoms with Crippen LogP contribution in [0.5, 0.6) is 5.75 Å². The van der Waals surface area contributed by atoms with Gasteiger partial charge in [0.25, 0.3) is 0 Å². The predicted octanol–water partition coefficient (Wildman–Crippen LogP) is 1.31. The summed E-state index contributed by atoms with van der Waals surface area (Å²) in [7, 11) is 1.80. The Morgan fingerprint density at radius 3 is 2.32 bits per heavy atom. The van der Waals surface area contributed by atoms with Crippen LogP contribution in [-0.4, -0.2) is 104 Å². The van der Waals surface area contributed by atoms with Gasteiger partial charge in [-0.25, -0.2) is 4.79 Å². The standard InChI is InChI=1S/C28H43N5O9.C3H9NO.C3H8/c1-16(2)27(38)40-15-18-7-8-21(23(10-18)42-25-12-19(35)11-20(14-34)41-25)33-26(37)22(6-5-9-30-28(29)39)32-24(36)13-31-17(3)4;1-4-2-3-5;1-3-2/h7-8,10,14,16-17,19-20,22,25,31,35H,5-6,9,11-13,15H2,1-4H3,(H,32,36)(H,33,37)(H3,29,30,39);4-5H,2-3H2,1H3;3H2,1-2H3. The minimum atomic E-state index is -0.995. The van der Waals surface area contributed by atoms with Crippen LogP contribution in [0.4, 0.5) is 10.5 Å². The number of urea groups is 1. The molecule has 0 radical (unpaired) electrons. The second kappa shape index (κ2) is 27.0. The number of amides is 4. The van der Waals surface area contributed by atoms with Crippen LogP contribution in [-0.2, 0) is 35.3 Å². The molecule has 50 heavy (non-hydrogen) atoms. The summed E-state index contributed by atoms with van der Waals surface area (Å²) < 4.78 is 16.9. The molecule has 286 valence electrons. The van der Waals surface area contributed by atoms with E-state index in [0.717, 1.165) is 0 Å². The van der Waals surface area contributed by atoms with Gasteiger partial charge >= 0.3 is 12.0 Å². The van der Waals surface area contributed by atoms with Gasteiger partial charge < -0.3 is 61.5 Å². The van der Waals surface area contributed by atoms with Crippen molar-refractivity contribution in [1.29, 1.82) is 0 Å². The Bertz CT molecular complexity index is 1150. The van der Waals surface area contributed by atoms with Crippen molar-refractivity contribution >= 4 is 35.8 Å². The molecule has 0 aromatic heterocycles. The third-order valence-electron chi connectivity index (χ3n) is 6.52. The van der Waals surface area contributed by atoms with E-state index in [-0.39, 0.29) is 69.0 Å². The van der Waals surface area contributed by atoms with Crippen molar-refractivity contribution in [3.63, 3.8) is 0 Å². The average molecular weight is 713 g/mol. The fourth-order valence-electron chi connectivity index (χ4n) is 4.04. The number of carbonyl (C=O) groups excluding carboxylic acids is 5. The van der Waals surface area contributed by atoms with Gasteiger partial charge in [-0.1, -0.05) is 54.0 Å². The molecule has 1 aliphatic rings. The molecular formula is C34H60N6O10. The molecule has 1 aromatic carbocycles. The SMILES string of the molecule is CC(C)NCC(=O)NC(CCCNC(N)=O)C(=O)Nc1ccc(COC(=O)C(C)C)cc1OC1CC(O)CC(C=O)O1.CCC.CNCCO. The normalized spacial score (nSPS) is 17.2. The summed E-state index contributed by atoms with van der Waals surface area (Å²) >= 11 is 0. The highest BCUT2D eigenvalue weighted by Crippen LogP contribution is 2.31. The van der Waals surface area contributed by atoms with Crippen molar-refractivity contribution in [2.45, 2.75) is 111 Å². The summed E-state index contributed by atoms with van der Waals surface area (Å²) in [6.45, 7) is 12.5. The van der Waals surface area contributed by atoms with Gasteiger partial charge in [0.1, 0.15) is 30.8 Å². The number of hydrogen-bond donors (Lipinski definition) is 8. The number of hydrogen-bond acceptors (Lipinski definition) is 12. The van der Waals surface area contributed by atoms with Crippen molar-refractivity contribution in [1.82, 2.24) is 21.3 Å². The number of primary amides is 1. The molecule has 0 spiro atoms. The number of ether oxygens (including phenoxy) is 3. The molecule has 9 N–H and O–H groups in total. The number of esters is 1. The number of nitrogens with two attached hydrogens (primary N) is 1. The Kier molecular flexibility index (Phi) is 24.9. The molecule has 2 rings (SSSR count). The summed E-state index contributed by atoms with van der Waals surface area (Å²) in [5, 5.41) is 31.8. The number of anilines is 1. The van der Waals surface area contributed by atoms with Gasteiger partial charge in [0.2, 0.25) is 18.1 Å². The lowest BCUT2D eigenvalue weighted by atomic mass is 10.1. The number of aliphatic hydroxyl groups is 2. The minimum absolute atomic E-state index is 0.00161. The third kappa shape index (κ3) is 21.3. The van der Waals surface area contributed by atoms with Crippen molar-refractivity contribution in [2.24, 2.45) is 11.7 Å². The smallest absolute Gasteiger partial charge is 0.312 e. The zero-order chi connectivity index (χ0) is 38.1. The molecule has 1 fully saturated rings. The fourth-order valence-corrected chi connectivity index (χ4v) is 4.04. The molecule has 4 unspecified atom stereocenters. The monoisotopic (exact) mass is 712 g/mol. The van der Waals surface area contributed by atoms with E-state index in [0.29, 0.717) is 24.8 Å². The highest BCUT2D eigenvalue weighted by Gasteiger charge is 2.30. The molecule has 1 heterocycles. The average Bonchev–Trinajstić information content (AvgIpc) is 3.05. The maximum atomic E-state index is 13.4. The number of nitrogens with one attached hydrogen (secondary N) is 5. The quantitative estimate of drug-likeness (QED) is 0.0611. The lowest BCUT2D eigenvalue weighted by molar-refractivity contribution is -0.175. The second-order valence-corrected chi connectivity index (χ2v) is 12.2. The lowest BCUT2D eigenvalue weighted by Gasteiger charge is -2.31. The van der Waals surface area contributed by atoms with Crippen molar-refractivity contribution in [3.05, 3.63) is 23.8 Å². The van der Waals surface area contributed by atoms with Crippen LogP contribution in [0.3, 0.4) is 0 Å². The van der Waals surface area contributed by atoms with Crippen LogP contribution < -0.4 is 37.1 Å². The number of benzene rings is 1. The van der Waals surface area contributed by atoms with E-state index in [1.165, 1.54) is 6.42 Å². The first-order valence-electron chi connectivity index (χ1n) is 17.1. The third-order valence-corrected chi connectivity index (χ3v) is 6.52. The number of aliphatic hydroxyl groups excluding tert-OH is 2. The van der Waals surface area contributed by atoms with E-state index in [2.05, 4.69) is 40.4 Å². The number of carbonyl (C=O) groups is 5. The maximum Gasteiger partial charge on any atom is 0.312 e. The van der Waals surface area contributed by atoms with Crippen LogP contribution >= 0.6 is 0 Å². The molecule has 1 aliphatic heterocycles. The molecule has 16 nitrogen and oxygen atoms in total. The van der Waals surface area contributed by atoms with Gasteiger partial charge in [-0.3, -0.25) is 14.4 Å². The number of aldehydes is 1. The first-order valence-corrected chi connectivity index (χ1v) is 17.1. The van der Waals surface area contributed by atoms with E-state index in [1.54, 1.807) is 39.1 Å². The molecule has 1 saturated heterocycles. The van der Waals surface area contributed by atoms with Crippen molar-refractivity contribution < 1.29 is 48.4 Å². The summed E-state index contributed by atoms with van der Waals surface area (Å²) in [6, 6.07) is 3.14. The molecule has 4 atom stereocenters. The Morgan fingerprint density at radius 2 is 1.78 bits per heavy atom. The number of likely N-dealkylation sites (N-methyl/N-ethyl adjacent to an activating group) is 1. The first kappa shape index (κ1) is 46.2. The van der Waals surface area contributed by atoms with Crippen LogP contribution in [0, 0.1) is 5.92 Å². The van der Waals surface area contributed by atoms with Gasteiger partial charge in [0, 0.05) is 32.0 Å². The zero-order valence-electron chi connectivity index (χ0n) is 30.6. The molecule has 4 amide bonds. The second-order valence-electron chi connectivity index (χ2n) is 12.2. The van der Waals surface area contributed by atoms with Crippen LogP contribution in [0.25, 0.3) is 0 Å². The van der Waals surface area contributed by atoms with E-state index in [9.17, 15) is 29.1 Å². The number of rotatable bonds is 18. The zero-order valence-corrected chi connectivity index (χ0v) is 30.6. The van der Waals surface area contributed by atoms with Crippen LogP contribution in [0.15, 0.2) is 18.2 Å². The van der Waals surface area contributed by atoms with Crippen molar-refractivity contribution in [2.75, 3.05) is 38.6 Å². The Balaban J connectivity index is 0.00000270. The minimum Gasteiger partial charge on any atom is -0.463 e. The van der Waals surface area contributed by atoms with Gasteiger partial charge in [0.15, 0.2) is 0 Å². The highest BCUT2D eigenvalue weighted by atomic mass is 16.7. The van der Waals surface area contributed by atoms with Crippen LogP contribution in [0.2, 0.25) is 0 Å². The first-order chi connectivity index (χ1) is 23.7. The van der Waals surface area contributed by atoms with E-state index in [1.807, 2.05) is 13.8 Å². The molecule has 0 aliphatic carbocycles. The van der Waals surface area contributed by atoms with E-state index in [4.69, 9.17) is 25.1 Å². The highest BCUT2D eigenvalue weighted by molar-refractivity contribution is 5.98. The van der Waals surface area contributed by atoms with Gasteiger partial charge in [-0.05, 0) is 37.6 Å². The molecule has 0 saturated carbocycles. The Morgan fingerprint density at radius 1 is 1.10 bits per heavy atom. The molecular weight excluding hydrogens is 652 g/mol. The van der Waals surface area contributed by atoms with Crippen LogP contribution in [0.1, 0.15) is 79.2 Å². The van der Waals surface area contributed by atoms with E-state index < -0.39 is 48.4 Å². The Labute approximate surface area is 295 Å². The molecule has 16 heteroatoms. The molecule has 0 bridgehead atoms. The van der Waals surface area contributed by atoms with Gasteiger partial charge in [-0.2, -0.15) is 0 Å². The summed E-state index contributed by atoms with van der Waals surface area (Å²) in [5.41, 5.74) is 5.89. The van der Waals surface area contributed by atoms with Crippen molar-refractivity contribution in [3.8, 4) is 5.75 Å². The van der Waals surface area contributed by atoms with E-state index >= 15 is 0 Å². The summed E-state index contributed by atoms with van der Waals surface area (Å²) in [5.74, 6) is -1.51. The molecule has 1 aromatic rings.